The Morgan fingerprint density at radius 1 is 1.05 bits per heavy atom. The third-order valence-electron chi connectivity index (χ3n) is 3.42. The monoisotopic (exact) mass is 274 g/mol. The standard InChI is InChI=1S/C13H10N2O5/c16-9-5-8(10(17)14-11(9)18)15-12(19)6-3-1-2-4-7(6)13(15)20/h1-4,8,11,18H,5H2,(H,14,17). The zero-order valence-electron chi connectivity index (χ0n) is 10.2. The second-order valence-electron chi connectivity index (χ2n) is 4.62. The Hall–Kier alpha value is -2.54. The van der Waals surface area contributed by atoms with Crippen LogP contribution in [0.3, 0.4) is 0 Å². The summed E-state index contributed by atoms with van der Waals surface area (Å²) in [5.74, 6) is -2.55. The SMILES string of the molecule is O=C1CC(N2C(=O)c3ccccc3C2=O)C(=O)NC1O. The summed E-state index contributed by atoms with van der Waals surface area (Å²) < 4.78 is 0. The average Bonchev–Trinajstić information content (AvgIpc) is 2.68. The Kier molecular flexibility index (Phi) is 2.65. The molecular weight excluding hydrogens is 264 g/mol. The lowest BCUT2D eigenvalue weighted by atomic mass is 10.0. The zero-order chi connectivity index (χ0) is 14.4. The van der Waals surface area contributed by atoms with Crippen molar-refractivity contribution >= 4 is 23.5 Å². The molecule has 1 saturated heterocycles. The number of fused-ring (bicyclic) bond motifs is 1. The molecule has 2 heterocycles. The van der Waals surface area contributed by atoms with E-state index in [1.807, 2.05) is 5.32 Å². The van der Waals surface area contributed by atoms with E-state index < -0.39 is 35.8 Å². The van der Waals surface area contributed by atoms with Crippen LogP contribution in [0.2, 0.25) is 0 Å². The van der Waals surface area contributed by atoms with E-state index in [-0.39, 0.29) is 17.5 Å². The van der Waals surface area contributed by atoms with Crippen molar-refractivity contribution in [1.82, 2.24) is 10.2 Å². The van der Waals surface area contributed by atoms with Gasteiger partial charge in [0.05, 0.1) is 11.1 Å². The number of aliphatic hydroxyl groups excluding tert-OH is 1. The number of imide groups is 1. The van der Waals surface area contributed by atoms with Gasteiger partial charge in [0, 0.05) is 6.42 Å². The van der Waals surface area contributed by atoms with Crippen LogP contribution in [0.4, 0.5) is 0 Å². The number of piperidine rings is 1. The number of amides is 3. The molecule has 2 unspecified atom stereocenters. The summed E-state index contributed by atoms with van der Waals surface area (Å²) in [6.45, 7) is 0. The van der Waals surface area contributed by atoms with E-state index in [1.54, 1.807) is 12.1 Å². The lowest BCUT2D eigenvalue weighted by Gasteiger charge is -2.30. The van der Waals surface area contributed by atoms with Crippen molar-refractivity contribution in [3.05, 3.63) is 35.4 Å². The number of carbonyl (C=O) groups is 4. The Balaban J connectivity index is 1.97. The molecule has 0 saturated carbocycles. The first-order valence-corrected chi connectivity index (χ1v) is 5.99. The first-order chi connectivity index (χ1) is 9.50. The van der Waals surface area contributed by atoms with E-state index in [0.717, 1.165) is 4.90 Å². The number of ketones is 1. The van der Waals surface area contributed by atoms with E-state index in [4.69, 9.17) is 0 Å². The maximum atomic E-state index is 12.2. The number of Topliss-reactive ketones (excluding diaryl/α,β-unsaturated/α-hetero) is 1. The minimum Gasteiger partial charge on any atom is -0.367 e. The summed E-state index contributed by atoms with van der Waals surface area (Å²) in [6.07, 6.45) is -1.95. The van der Waals surface area contributed by atoms with Crippen LogP contribution >= 0.6 is 0 Å². The summed E-state index contributed by atoms with van der Waals surface area (Å²) in [7, 11) is 0. The number of nitrogens with zero attached hydrogens (tertiary/aromatic N) is 1. The maximum absolute atomic E-state index is 12.2. The predicted octanol–water partition coefficient (Wildman–Crippen LogP) is -0.941. The van der Waals surface area contributed by atoms with E-state index >= 15 is 0 Å². The molecule has 3 rings (SSSR count). The molecule has 0 aliphatic carbocycles. The summed E-state index contributed by atoms with van der Waals surface area (Å²) >= 11 is 0. The molecule has 1 aromatic carbocycles. The number of nitrogens with one attached hydrogen (secondary N) is 1. The van der Waals surface area contributed by atoms with Crippen molar-refractivity contribution in [2.45, 2.75) is 18.7 Å². The largest absolute Gasteiger partial charge is 0.367 e. The fourth-order valence-corrected chi connectivity index (χ4v) is 2.41. The highest BCUT2D eigenvalue weighted by Gasteiger charge is 2.46. The van der Waals surface area contributed by atoms with E-state index in [1.165, 1.54) is 12.1 Å². The smallest absolute Gasteiger partial charge is 0.262 e. The molecule has 7 heteroatoms. The molecule has 0 spiro atoms. The Labute approximate surface area is 113 Å². The minimum absolute atomic E-state index is 0.212. The molecule has 3 amide bonds. The van der Waals surface area contributed by atoms with Gasteiger partial charge in [-0.2, -0.15) is 0 Å². The summed E-state index contributed by atoms with van der Waals surface area (Å²) in [4.78, 5) is 48.5. The lowest BCUT2D eigenvalue weighted by molar-refractivity contribution is -0.144. The third kappa shape index (κ3) is 1.64. The first kappa shape index (κ1) is 12.5. The van der Waals surface area contributed by atoms with E-state index in [0.29, 0.717) is 0 Å². The van der Waals surface area contributed by atoms with Gasteiger partial charge in [-0.1, -0.05) is 12.1 Å². The van der Waals surface area contributed by atoms with E-state index in [9.17, 15) is 24.3 Å². The topological polar surface area (TPSA) is 104 Å². The van der Waals surface area contributed by atoms with Gasteiger partial charge in [0.2, 0.25) is 5.91 Å². The molecule has 2 atom stereocenters. The maximum Gasteiger partial charge on any atom is 0.262 e. The summed E-state index contributed by atoms with van der Waals surface area (Å²) in [5, 5.41) is 11.3. The van der Waals surface area contributed by atoms with Crippen molar-refractivity contribution in [2.24, 2.45) is 0 Å². The number of benzene rings is 1. The van der Waals surface area contributed by atoms with E-state index in [2.05, 4.69) is 0 Å². The van der Waals surface area contributed by atoms with Crippen molar-refractivity contribution in [2.75, 3.05) is 0 Å². The van der Waals surface area contributed by atoms with Crippen LogP contribution in [0.15, 0.2) is 24.3 Å². The molecule has 102 valence electrons. The molecule has 7 nitrogen and oxygen atoms in total. The van der Waals surface area contributed by atoms with Crippen molar-refractivity contribution < 1.29 is 24.3 Å². The second-order valence-corrected chi connectivity index (χ2v) is 4.62. The highest BCUT2D eigenvalue weighted by atomic mass is 16.3. The highest BCUT2D eigenvalue weighted by Crippen LogP contribution is 2.26. The molecule has 2 N–H and O–H groups in total. The quantitative estimate of drug-likeness (QED) is 0.643. The number of hydrogen-bond acceptors (Lipinski definition) is 5. The normalized spacial score (nSPS) is 25.8. The molecule has 0 radical (unpaired) electrons. The molecule has 2 aliphatic heterocycles. The van der Waals surface area contributed by atoms with Gasteiger partial charge in [-0.15, -0.1) is 0 Å². The van der Waals surface area contributed by atoms with Crippen LogP contribution in [0.1, 0.15) is 27.1 Å². The predicted molar refractivity (Wildman–Crippen MR) is 64.5 cm³/mol. The van der Waals surface area contributed by atoms with Gasteiger partial charge >= 0.3 is 0 Å². The average molecular weight is 274 g/mol. The Morgan fingerprint density at radius 2 is 1.60 bits per heavy atom. The van der Waals surface area contributed by atoms with Crippen molar-refractivity contribution in [3.8, 4) is 0 Å². The third-order valence-corrected chi connectivity index (χ3v) is 3.42. The fourth-order valence-electron chi connectivity index (χ4n) is 2.41. The van der Waals surface area contributed by atoms with Gasteiger partial charge in [0.15, 0.2) is 12.0 Å². The van der Waals surface area contributed by atoms with Gasteiger partial charge in [-0.3, -0.25) is 24.1 Å². The second kappa shape index (κ2) is 4.24. The Bertz CT molecular complexity index is 619. The Morgan fingerprint density at radius 3 is 2.15 bits per heavy atom. The van der Waals surface area contributed by atoms with Crippen LogP contribution in [0.25, 0.3) is 0 Å². The van der Waals surface area contributed by atoms with Gasteiger partial charge in [-0.05, 0) is 12.1 Å². The number of aliphatic hydroxyl groups is 1. The molecule has 0 bridgehead atoms. The van der Waals surface area contributed by atoms with Crippen LogP contribution in [-0.4, -0.2) is 45.8 Å². The molecule has 0 aromatic heterocycles. The molecular formula is C13H10N2O5. The molecule has 1 fully saturated rings. The first-order valence-electron chi connectivity index (χ1n) is 5.99. The summed E-state index contributed by atoms with van der Waals surface area (Å²) in [5.41, 5.74) is 0.424. The molecule has 1 aromatic rings. The van der Waals surface area contributed by atoms with Crippen molar-refractivity contribution in [3.63, 3.8) is 0 Å². The van der Waals surface area contributed by atoms with Gasteiger partial charge in [0.25, 0.3) is 11.8 Å². The fraction of sp³-hybridized carbons (Fsp3) is 0.231. The summed E-state index contributed by atoms with van der Waals surface area (Å²) in [6, 6.07) is 5.01. The molecule has 2 aliphatic rings. The number of rotatable bonds is 1. The van der Waals surface area contributed by atoms with Crippen molar-refractivity contribution in [1.29, 1.82) is 0 Å². The molecule has 20 heavy (non-hydrogen) atoms. The highest BCUT2D eigenvalue weighted by molar-refractivity contribution is 6.23. The van der Waals surface area contributed by atoms with Crippen LogP contribution in [-0.2, 0) is 9.59 Å². The van der Waals surface area contributed by atoms with Crippen LogP contribution in [0, 0.1) is 0 Å². The number of carbonyl (C=O) groups excluding carboxylic acids is 4. The minimum atomic E-state index is -1.58. The van der Waals surface area contributed by atoms with Crippen LogP contribution in [0.5, 0.6) is 0 Å². The zero-order valence-corrected chi connectivity index (χ0v) is 10.2. The van der Waals surface area contributed by atoms with Crippen LogP contribution < -0.4 is 5.32 Å². The number of hydrogen-bond donors (Lipinski definition) is 2. The van der Waals surface area contributed by atoms with Gasteiger partial charge in [0.1, 0.15) is 6.04 Å². The van der Waals surface area contributed by atoms with Gasteiger partial charge < -0.3 is 10.4 Å². The lowest BCUT2D eigenvalue weighted by Crippen LogP contribution is -2.59. The van der Waals surface area contributed by atoms with Gasteiger partial charge in [-0.25, -0.2) is 0 Å².